The predicted molar refractivity (Wildman–Crippen MR) is 120 cm³/mol. The van der Waals surface area contributed by atoms with Gasteiger partial charge in [-0.3, -0.25) is 0 Å². The number of halogens is 6. The highest BCUT2D eigenvalue weighted by Gasteiger charge is 2.33. The number of alkyl halides is 6. The Balaban J connectivity index is 2.15. The first-order chi connectivity index (χ1) is 15.9. The van der Waals surface area contributed by atoms with Gasteiger partial charge in [-0.25, -0.2) is 0 Å². The topological polar surface area (TPSA) is 0 Å². The summed E-state index contributed by atoms with van der Waals surface area (Å²) in [6, 6.07) is 16.3. The molecule has 0 fully saturated rings. The van der Waals surface area contributed by atoms with Gasteiger partial charge < -0.3 is 0 Å². The van der Waals surface area contributed by atoms with Crippen LogP contribution in [0.15, 0.2) is 60.7 Å². The largest absolute Gasteiger partial charge is 0.393 e. The van der Waals surface area contributed by atoms with Crippen molar-refractivity contribution in [3.05, 3.63) is 105 Å². The van der Waals surface area contributed by atoms with Crippen LogP contribution in [0.3, 0.4) is 0 Å². The van der Waals surface area contributed by atoms with Crippen LogP contribution in [0.5, 0.6) is 0 Å². The predicted octanol–water partition coefficient (Wildman–Crippen LogP) is 7.31. The summed E-state index contributed by atoms with van der Waals surface area (Å²) in [7, 11) is 0. The molecule has 0 atom stereocenters. The van der Waals surface area contributed by atoms with E-state index in [2.05, 4.69) is 23.7 Å². The fraction of sp³-hybridized carbons (Fsp3) is 0.214. The molecule has 0 aliphatic heterocycles. The van der Waals surface area contributed by atoms with Gasteiger partial charge in [0.25, 0.3) is 0 Å². The molecule has 0 saturated heterocycles. The Morgan fingerprint density at radius 1 is 0.529 bits per heavy atom. The van der Waals surface area contributed by atoms with Crippen molar-refractivity contribution in [3.8, 4) is 23.7 Å². The summed E-state index contributed by atoms with van der Waals surface area (Å²) >= 11 is 0. The molecule has 174 valence electrons. The maximum Gasteiger partial charge on any atom is 0.393 e. The van der Waals surface area contributed by atoms with Crippen molar-refractivity contribution in [2.45, 2.75) is 39.0 Å². The second-order valence-corrected chi connectivity index (χ2v) is 7.99. The average molecular weight is 470 g/mol. The molecule has 0 aliphatic carbocycles. The summed E-state index contributed by atoms with van der Waals surface area (Å²) in [5.41, 5.74) is 2.19. The summed E-state index contributed by atoms with van der Waals surface area (Å²) in [5, 5.41) is 0. The van der Waals surface area contributed by atoms with Gasteiger partial charge in [0.1, 0.15) is 0 Å². The van der Waals surface area contributed by atoms with E-state index in [-0.39, 0.29) is 22.3 Å². The van der Waals surface area contributed by atoms with Crippen LogP contribution < -0.4 is 0 Å². The van der Waals surface area contributed by atoms with Gasteiger partial charge in [0.2, 0.25) is 0 Å². The molecular formula is C28H20F6. The first-order valence-corrected chi connectivity index (χ1v) is 10.3. The lowest BCUT2D eigenvalue weighted by Crippen LogP contribution is -2.17. The van der Waals surface area contributed by atoms with Gasteiger partial charge in [-0.15, -0.1) is 0 Å². The minimum atomic E-state index is -4.63. The van der Waals surface area contributed by atoms with Crippen molar-refractivity contribution in [1.82, 2.24) is 0 Å². The molecule has 0 heterocycles. The van der Waals surface area contributed by atoms with E-state index in [4.69, 9.17) is 0 Å². The standard InChI is InChI=1S/C28H20F6/c1-19-3-7-21(8-4-19)11-12-23-15-24(17-27(29,30)31)26(25(16-23)18-28(32,33)34)14-13-22-9-5-20(2)6-10-22/h3-10,15-16H,17-18H2,1-2H3. The molecule has 6 heteroatoms. The molecular weight excluding hydrogens is 450 g/mol. The van der Waals surface area contributed by atoms with Crippen LogP contribution in [-0.4, -0.2) is 12.4 Å². The van der Waals surface area contributed by atoms with Crippen molar-refractivity contribution in [1.29, 1.82) is 0 Å². The third-order valence-electron chi connectivity index (χ3n) is 4.87. The van der Waals surface area contributed by atoms with E-state index in [1.165, 1.54) is 12.1 Å². The third kappa shape index (κ3) is 7.74. The molecule has 0 unspecified atom stereocenters. The van der Waals surface area contributed by atoms with E-state index >= 15 is 0 Å². The Bertz CT molecular complexity index is 1230. The van der Waals surface area contributed by atoms with E-state index in [0.29, 0.717) is 11.1 Å². The summed E-state index contributed by atoms with van der Waals surface area (Å²) in [4.78, 5) is 0. The maximum atomic E-state index is 13.3. The zero-order valence-corrected chi connectivity index (χ0v) is 18.5. The van der Waals surface area contributed by atoms with Gasteiger partial charge in [-0.05, 0) is 61.4 Å². The van der Waals surface area contributed by atoms with Gasteiger partial charge in [0.15, 0.2) is 0 Å². The first-order valence-electron chi connectivity index (χ1n) is 10.3. The van der Waals surface area contributed by atoms with Crippen LogP contribution in [0.2, 0.25) is 0 Å². The Morgan fingerprint density at radius 2 is 0.882 bits per heavy atom. The lowest BCUT2D eigenvalue weighted by atomic mass is 9.93. The lowest BCUT2D eigenvalue weighted by molar-refractivity contribution is -0.127. The second-order valence-electron chi connectivity index (χ2n) is 7.99. The summed E-state index contributed by atoms with van der Waals surface area (Å²) in [6.07, 6.45) is -12.1. The Labute approximate surface area is 194 Å². The van der Waals surface area contributed by atoms with E-state index in [9.17, 15) is 26.3 Å². The number of rotatable bonds is 2. The molecule has 0 aromatic heterocycles. The SMILES string of the molecule is Cc1ccc(C#Cc2cc(CC(F)(F)F)c(C#Cc3ccc(C)cc3)c(CC(F)(F)F)c2)cc1. The molecule has 0 radical (unpaired) electrons. The molecule has 3 rings (SSSR count). The molecule has 0 bridgehead atoms. The highest BCUT2D eigenvalue weighted by molar-refractivity contribution is 5.56. The summed E-state index contributed by atoms with van der Waals surface area (Å²) < 4.78 is 79.9. The average Bonchev–Trinajstić information content (AvgIpc) is 2.72. The molecule has 0 aliphatic rings. The number of aryl methyl sites for hydroxylation is 2. The molecule has 3 aromatic rings. The van der Waals surface area contributed by atoms with Gasteiger partial charge in [0, 0.05) is 22.3 Å². The fourth-order valence-electron chi connectivity index (χ4n) is 3.26. The van der Waals surface area contributed by atoms with Crippen LogP contribution in [0.1, 0.15) is 44.5 Å². The highest BCUT2D eigenvalue weighted by atomic mass is 19.4. The molecule has 0 spiro atoms. The molecule has 0 amide bonds. The molecule has 0 N–H and O–H groups in total. The van der Waals surface area contributed by atoms with Crippen LogP contribution in [0.4, 0.5) is 26.3 Å². The maximum absolute atomic E-state index is 13.3. The second kappa shape index (κ2) is 10.1. The zero-order valence-electron chi connectivity index (χ0n) is 18.5. The molecule has 34 heavy (non-hydrogen) atoms. The first kappa shape index (κ1) is 25.0. The van der Waals surface area contributed by atoms with E-state index in [1.807, 2.05) is 26.0 Å². The lowest BCUT2D eigenvalue weighted by Gasteiger charge is -2.15. The van der Waals surface area contributed by atoms with Crippen molar-refractivity contribution in [3.63, 3.8) is 0 Å². The quantitative estimate of drug-likeness (QED) is 0.272. The van der Waals surface area contributed by atoms with E-state index < -0.39 is 25.2 Å². The highest BCUT2D eigenvalue weighted by Crippen LogP contribution is 2.30. The van der Waals surface area contributed by atoms with Crippen molar-refractivity contribution in [2.75, 3.05) is 0 Å². The van der Waals surface area contributed by atoms with Gasteiger partial charge in [0.05, 0.1) is 12.8 Å². The molecule has 0 saturated carbocycles. The Hall–Kier alpha value is -3.64. The van der Waals surface area contributed by atoms with Crippen LogP contribution in [-0.2, 0) is 12.8 Å². The minimum Gasteiger partial charge on any atom is -0.171 e. The van der Waals surface area contributed by atoms with E-state index in [1.54, 1.807) is 36.4 Å². The third-order valence-corrected chi connectivity index (χ3v) is 4.87. The van der Waals surface area contributed by atoms with Crippen LogP contribution in [0.25, 0.3) is 0 Å². The zero-order chi connectivity index (χ0) is 24.9. The van der Waals surface area contributed by atoms with E-state index in [0.717, 1.165) is 11.1 Å². The number of hydrogen-bond donors (Lipinski definition) is 0. The minimum absolute atomic E-state index is 0.0694. The van der Waals surface area contributed by atoms with Crippen LogP contribution >= 0.6 is 0 Å². The summed E-state index contributed by atoms with van der Waals surface area (Å²) in [6.45, 7) is 3.75. The fourth-order valence-corrected chi connectivity index (χ4v) is 3.26. The number of hydrogen-bond acceptors (Lipinski definition) is 0. The van der Waals surface area contributed by atoms with Crippen molar-refractivity contribution < 1.29 is 26.3 Å². The monoisotopic (exact) mass is 470 g/mol. The van der Waals surface area contributed by atoms with Gasteiger partial charge >= 0.3 is 12.4 Å². The van der Waals surface area contributed by atoms with Gasteiger partial charge in [-0.2, -0.15) is 26.3 Å². The van der Waals surface area contributed by atoms with Crippen molar-refractivity contribution >= 4 is 0 Å². The normalized spacial score (nSPS) is 11.3. The molecule has 0 nitrogen and oxygen atoms in total. The summed E-state index contributed by atoms with van der Waals surface area (Å²) in [5.74, 6) is 10.8. The van der Waals surface area contributed by atoms with Crippen LogP contribution in [0, 0.1) is 37.5 Å². The van der Waals surface area contributed by atoms with Crippen molar-refractivity contribution in [2.24, 2.45) is 0 Å². The molecule has 3 aromatic carbocycles. The Morgan fingerprint density at radius 3 is 1.26 bits per heavy atom. The Kier molecular flexibility index (Phi) is 7.42. The smallest absolute Gasteiger partial charge is 0.171 e. The number of benzene rings is 3. The van der Waals surface area contributed by atoms with Gasteiger partial charge in [-0.1, -0.05) is 59.1 Å².